The minimum Gasteiger partial charge on any atom is -0.368 e. The van der Waals surface area contributed by atoms with Crippen LogP contribution in [0, 0.1) is 6.92 Å². The number of piperazine rings is 1. The summed E-state index contributed by atoms with van der Waals surface area (Å²) in [5, 5.41) is 4.36. The molecule has 1 aliphatic rings. The van der Waals surface area contributed by atoms with Crippen molar-refractivity contribution in [2.45, 2.75) is 6.92 Å². The van der Waals surface area contributed by atoms with E-state index in [1.165, 1.54) is 28.1 Å². The lowest BCUT2D eigenvalue weighted by molar-refractivity contribution is 0.653. The van der Waals surface area contributed by atoms with E-state index < -0.39 is 0 Å². The fourth-order valence-corrected chi connectivity index (χ4v) is 3.95. The third-order valence-corrected chi connectivity index (χ3v) is 5.43. The van der Waals surface area contributed by atoms with Gasteiger partial charge in [0, 0.05) is 37.6 Å². The molecule has 122 valence electrons. The van der Waals surface area contributed by atoms with Crippen molar-refractivity contribution in [3.63, 3.8) is 0 Å². The summed E-state index contributed by atoms with van der Waals surface area (Å²) >= 11 is 1.75. The average Bonchev–Trinajstić information content (AvgIpc) is 3.17. The Bertz CT molecular complexity index is 785. The van der Waals surface area contributed by atoms with Crippen molar-refractivity contribution in [1.29, 1.82) is 0 Å². The number of anilines is 2. The molecule has 0 radical (unpaired) electrons. The van der Waals surface area contributed by atoms with E-state index in [0.717, 1.165) is 26.2 Å². The lowest BCUT2D eigenvalue weighted by atomic mass is 10.1. The number of thiophene rings is 1. The van der Waals surface area contributed by atoms with Gasteiger partial charge in [0.2, 0.25) is 0 Å². The molecule has 24 heavy (non-hydrogen) atoms. The number of nitrogens with zero attached hydrogens (tertiary/aromatic N) is 2. The second kappa shape index (κ2) is 6.70. The summed E-state index contributed by atoms with van der Waals surface area (Å²) in [6, 6.07) is 20.0. The summed E-state index contributed by atoms with van der Waals surface area (Å²) in [6.45, 7) is 6.43. The Morgan fingerprint density at radius 3 is 2.12 bits per heavy atom. The molecule has 0 saturated carbocycles. The summed E-state index contributed by atoms with van der Waals surface area (Å²) in [4.78, 5) is 4.99. The zero-order valence-corrected chi connectivity index (χ0v) is 14.8. The Morgan fingerprint density at radius 2 is 1.46 bits per heavy atom. The second-order valence-electron chi connectivity index (χ2n) is 6.37. The van der Waals surface area contributed by atoms with E-state index in [1.54, 1.807) is 11.3 Å². The lowest BCUT2D eigenvalue weighted by Gasteiger charge is -2.37. The Morgan fingerprint density at radius 1 is 0.750 bits per heavy atom. The Labute approximate surface area is 148 Å². The summed E-state index contributed by atoms with van der Waals surface area (Å²) in [5.41, 5.74) is 6.63. The van der Waals surface area contributed by atoms with Crippen LogP contribution in [0.25, 0.3) is 11.1 Å². The van der Waals surface area contributed by atoms with E-state index in [-0.39, 0.29) is 0 Å². The molecule has 1 aromatic heterocycles. The Hall–Kier alpha value is -2.26. The number of hydrogen-bond donors (Lipinski definition) is 0. The van der Waals surface area contributed by atoms with Crippen LogP contribution in [0.2, 0.25) is 0 Å². The summed E-state index contributed by atoms with van der Waals surface area (Å²) in [5.74, 6) is 0. The fourth-order valence-electron chi connectivity index (χ4n) is 3.29. The van der Waals surface area contributed by atoms with E-state index in [9.17, 15) is 0 Å². The van der Waals surface area contributed by atoms with Crippen molar-refractivity contribution < 1.29 is 0 Å². The fraction of sp³-hybridized carbons (Fsp3) is 0.238. The maximum atomic E-state index is 2.50. The highest BCUT2D eigenvalue weighted by Gasteiger charge is 2.17. The molecule has 4 rings (SSSR count). The summed E-state index contributed by atoms with van der Waals surface area (Å²) < 4.78 is 0. The molecule has 0 bridgehead atoms. The van der Waals surface area contributed by atoms with Gasteiger partial charge in [0.05, 0.1) is 0 Å². The predicted octanol–water partition coefficient (Wildman–Crippen LogP) is 5.05. The minimum absolute atomic E-state index is 1.07. The van der Waals surface area contributed by atoms with Gasteiger partial charge in [-0.25, -0.2) is 0 Å². The highest BCUT2D eigenvalue weighted by molar-refractivity contribution is 7.08. The van der Waals surface area contributed by atoms with Crippen LogP contribution in [0.5, 0.6) is 0 Å². The molecule has 1 aliphatic heterocycles. The molecule has 0 spiro atoms. The molecule has 2 aromatic carbocycles. The molecule has 2 heterocycles. The number of rotatable bonds is 3. The molecule has 0 atom stereocenters. The first kappa shape index (κ1) is 15.3. The second-order valence-corrected chi connectivity index (χ2v) is 7.15. The van der Waals surface area contributed by atoms with Crippen LogP contribution < -0.4 is 9.80 Å². The minimum atomic E-state index is 1.07. The average molecular weight is 334 g/mol. The highest BCUT2D eigenvalue weighted by Crippen LogP contribution is 2.27. The van der Waals surface area contributed by atoms with Gasteiger partial charge in [-0.2, -0.15) is 11.3 Å². The van der Waals surface area contributed by atoms with Crippen molar-refractivity contribution in [2.24, 2.45) is 0 Å². The largest absolute Gasteiger partial charge is 0.368 e. The van der Waals surface area contributed by atoms with Gasteiger partial charge in [-0.05, 0) is 59.1 Å². The molecule has 0 unspecified atom stereocenters. The number of aryl methyl sites for hydroxylation is 1. The van der Waals surface area contributed by atoms with Crippen LogP contribution in [0.3, 0.4) is 0 Å². The zero-order valence-electron chi connectivity index (χ0n) is 14.0. The molecule has 3 heteroatoms. The first-order valence-electron chi connectivity index (χ1n) is 8.49. The van der Waals surface area contributed by atoms with Gasteiger partial charge in [0.25, 0.3) is 0 Å². The molecule has 1 fully saturated rings. The van der Waals surface area contributed by atoms with E-state index in [4.69, 9.17) is 0 Å². The Balaban J connectivity index is 1.46. The van der Waals surface area contributed by atoms with Gasteiger partial charge >= 0.3 is 0 Å². The highest BCUT2D eigenvalue weighted by atomic mass is 32.1. The van der Waals surface area contributed by atoms with Crippen molar-refractivity contribution in [3.8, 4) is 11.1 Å². The summed E-state index contributed by atoms with van der Waals surface area (Å²) in [7, 11) is 0. The first-order chi connectivity index (χ1) is 11.8. The SMILES string of the molecule is Cc1ccc(N2CCN(c3cccc(-c4ccsc4)c3)CC2)cc1. The first-order valence-corrected chi connectivity index (χ1v) is 9.43. The van der Waals surface area contributed by atoms with Crippen LogP contribution in [-0.4, -0.2) is 26.2 Å². The number of hydrogen-bond acceptors (Lipinski definition) is 3. The molecule has 1 saturated heterocycles. The van der Waals surface area contributed by atoms with Gasteiger partial charge in [0.1, 0.15) is 0 Å². The maximum absolute atomic E-state index is 2.50. The molecular weight excluding hydrogens is 312 g/mol. The van der Waals surface area contributed by atoms with Gasteiger partial charge in [0.15, 0.2) is 0 Å². The van der Waals surface area contributed by atoms with Gasteiger partial charge in [-0.15, -0.1) is 0 Å². The van der Waals surface area contributed by atoms with Gasteiger partial charge in [-0.3, -0.25) is 0 Å². The van der Waals surface area contributed by atoms with E-state index in [0.29, 0.717) is 0 Å². The summed E-state index contributed by atoms with van der Waals surface area (Å²) in [6.07, 6.45) is 0. The normalized spacial score (nSPS) is 14.9. The molecule has 0 aliphatic carbocycles. The molecule has 0 amide bonds. The monoisotopic (exact) mass is 334 g/mol. The van der Waals surface area contributed by atoms with Crippen molar-refractivity contribution >= 4 is 22.7 Å². The van der Waals surface area contributed by atoms with Gasteiger partial charge < -0.3 is 9.80 Å². The molecule has 0 N–H and O–H groups in total. The van der Waals surface area contributed by atoms with Gasteiger partial charge in [-0.1, -0.05) is 29.8 Å². The van der Waals surface area contributed by atoms with Crippen LogP contribution in [0.4, 0.5) is 11.4 Å². The number of benzene rings is 2. The third kappa shape index (κ3) is 3.17. The van der Waals surface area contributed by atoms with E-state index in [1.807, 2.05) is 0 Å². The molecule has 3 aromatic rings. The molecular formula is C21H22N2S. The lowest BCUT2D eigenvalue weighted by Crippen LogP contribution is -2.46. The van der Waals surface area contributed by atoms with Crippen molar-refractivity contribution in [1.82, 2.24) is 0 Å². The van der Waals surface area contributed by atoms with Crippen molar-refractivity contribution in [2.75, 3.05) is 36.0 Å². The van der Waals surface area contributed by atoms with E-state index in [2.05, 4.69) is 82.1 Å². The van der Waals surface area contributed by atoms with Crippen LogP contribution in [0.1, 0.15) is 5.56 Å². The standard InChI is InChI=1S/C21H22N2S/c1-17-5-7-20(8-6-17)22-10-12-23(13-11-22)21-4-2-3-18(15-21)19-9-14-24-16-19/h2-9,14-16H,10-13H2,1H3. The maximum Gasteiger partial charge on any atom is 0.0373 e. The zero-order chi connectivity index (χ0) is 16.4. The Kier molecular flexibility index (Phi) is 4.26. The van der Waals surface area contributed by atoms with Crippen molar-refractivity contribution in [3.05, 3.63) is 70.9 Å². The third-order valence-electron chi connectivity index (χ3n) is 4.74. The quantitative estimate of drug-likeness (QED) is 0.661. The predicted molar refractivity (Wildman–Crippen MR) is 105 cm³/mol. The van der Waals surface area contributed by atoms with Crippen LogP contribution in [0.15, 0.2) is 65.4 Å². The van der Waals surface area contributed by atoms with Crippen LogP contribution >= 0.6 is 11.3 Å². The smallest absolute Gasteiger partial charge is 0.0373 e. The van der Waals surface area contributed by atoms with Crippen LogP contribution in [-0.2, 0) is 0 Å². The van der Waals surface area contributed by atoms with E-state index >= 15 is 0 Å². The molecule has 2 nitrogen and oxygen atoms in total. The topological polar surface area (TPSA) is 6.48 Å².